The minimum absolute atomic E-state index is 0.0190. The molecule has 2 rings (SSSR count). The van der Waals surface area contributed by atoms with Crippen LogP contribution in [0.5, 0.6) is 0 Å². The van der Waals surface area contributed by atoms with Gasteiger partial charge in [-0.05, 0) is 35.4 Å². The molecule has 2 aromatic carbocycles. The van der Waals surface area contributed by atoms with E-state index in [0.29, 0.717) is 0 Å². The van der Waals surface area contributed by atoms with E-state index in [1.807, 2.05) is 0 Å². The Bertz CT molecular complexity index is 751. The van der Waals surface area contributed by atoms with Gasteiger partial charge in [-0.2, -0.15) is 0 Å². The normalized spacial score (nSPS) is 11.6. The zero-order valence-electron chi connectivity index (χ0n) is 11.6. The lowest BCUT2D eigenvalue weighted by molar-refractivity contribution is -0.384. The maximum Gasteiger partial charge on any atom is 0.269 e. The molecule has 0 spiro atoms. The van der Waals surface area contributed by atoms with Crippen LogP contribution in [-0.2, 0) is 10.0 Å². The van der Waals surface area contributed by atoms with Crippen LogP contribution in [0.4, 0.5) is 5.69 Å². The van der Waals surface area contributed by atoms with Crippen molar-refractivity contribution in [2.45, 2.75) is 4.90 Å². The largest absolute Gasteiger partial charge is 0.269 e. The molecule has 0 aliphatic heterocycles. The van der Waals surface area contributed by atoms with Gasteiger partial charge in [0.15, 0.2) is 0 Å². The smallest absolute Gasteiger partial charge is 0.258 e. The molecule has 0 unspecified atom stereocenters. The number of sulfonamides is 1. The Kier molecular flexibility index (Phi) is 4.06. The maximum absolute atomic E-state index is 12.0. The van der Waals surface area contributed by atoms with E-state index in [2.05, 4.69) is 0 Å². The quantitative estimate of drug-likeness (QED) is 0.642. The Hall–Kier alpha value is -2.25. The molecule has 0 aliphatic rings. The number of nitro groups is 1. The number of rotatable bonds is 4. The third-order valence-corrected chi connectivity index (χ3v) is 4.87. The van der Waals surface area contributed by atoms with Crippen molar-refractivity contribution in [3.8, 4) is 11.1 Å². The highest BCUT2D eigenvalue weighted by Crippen LogP contribution is 2.24. The van der Waals surface area contributed by atoms with Crippen molar-refractivity contribution in [2.75, 3.05) is 14.1 Å². The van der Waals surface area contributed by atoms with Crippen LogP contribution < -0.4 is 0 Å². The Morgan fingerprint density at radius 3 is 1.71 bits per heavy atom. The molecule has 0 N–H and O–H groups in total. The van der Waals surface area contributed by atoms with Crippen molar-refractivity contribution >= 4 is 15.7 Å². The number of benzene rings is 2. The Balaban J connectivity index is 2.33. The van der Waals surface area contributed by atoms with E-state index in [9.17, 15) is 18.5 Å². The van der Waals surface area contributed by atoms with Crippen molar-refractivity contribution in [3.63, 3.8) is 0 Å². The molecule has 0 aliphatic carbocycles. The third-order valence-electron chi connectivity index (χ3n) is 3.04. The highest BCUT2D eigenvalue weighted by molar-refractivity contribution is 7.89. The van der Waals surface area contributed by atoms with E-state index in [4.69, 9.17) is 0 Å². The van der Waals surface area contributed by atoms with Crippen LogP contribution in [0.25, 0.3) is 11.1 Å². The van der Waals surface area contributed by atoms with Gasteiger partial charge in [0, 0.05) is 26.2 Å². The molecule has 7 heteroatoms. The third kappa shape index (κ3) is 3.09. The van der Waals surface area contributed by atoms with Crippen molar-refractivity contribution in [1.29, 1.82) is 0 Å². The fourth-order valence-electron chi connectivity index (χ4n) is 1.81. The highest BCUT2D eigenvalue weighted by atomic mass is 32.2. The van der Waals surface area contributed by atoms with Gasteiger partial charge in [-0.25, -0.2) is 12.7 Å². The van der Waals surface area contributed by atoms with Crippen LogP contribution in [0.1, 0.15) is 0 Å². The lowest BCUT2D eigenvalue weighted by Gasteiger charge is -2.11. The van der Waals surface area contributed by atoms with E-state index < -0.39 is 14.9 Å². The zero-order chi connectivity index (χ0) is 15.6. The van der Waals surface area contributed by atoms with Gasteiger partial charge in [-0.3, -0.25) is 10.1 Å². The van der Waals surface area contributed by atoms with E-state index in [-0.39, 0.29) is 10.6 Å². The minimum Gasteiger partial charge on any atom is -0.258 e. The van der Waals surface area contributed by atoms with E-state index >= 15 is 0 Å². The SMILES string of the molecule is CN(C)S(=O)(=O)c1ccc(-c2ccc([N+](=O)[O-])cc2)cc1. The molecule has 2 aromatic rings. The predicted octanol–water partition coefficient (Wildman–Crippen LogP) is 2.51. The average molecular weight is 306 g/mol. The molecule has 0 bridgehead atoms. The van der Waals surface area contributed by atoms with Gasteiger partial charge in [0.05, 0.1) is 9.82 Å². The summed E-state index contributed by atoms with van der Waals surface area (Å²) in [7, 11) is -0.506. The Morgan fingerprint density at radius 2 is 1.33 bits per heavy atom. The molecule has 0 fully saturated rings. The van der Waals surface area contributed by atoms with Gasteiger partial charge in [-0.1, -0.05) is 12.1 Å². The average Bonchev–Trinajstić information content (AvgIpc) is 2.47. The van der Waals surface area contributed by atoms with Crippen LogP contribution in [0.15, 0.2) is 53.4 Å². The summed E-state index contributed by atoms with van der Waals surface area (Å²) >= 11 is 0. The molecule has 0 radical (unpaired) electrons. The molecule has 110 valence electrons. The van der Waals surface area contributed by atoms with Crippen molar-refractivity contribution in [3.05, 3.63) is 58.6 Å². The molecular weight excluding hydrogens is 292 g/mol. The number of non-ortho nitro benzene ring substituents is 1. The van der Waals surface area contributed by atoms with Gasteiger partial charge in [0.25, 0.3) is 5.69 Å². The first kappa shape index (κ1) is 15.1. The second kappa shape index (κ2) is 5.63. The number of nitro benzene ring substituents is 1. The maximum atomic E-state index is 12.0. The van der Waals surface area contributed by atoms with Gasteiger partial charge in [0.2, 0.25) is 10.0 Å². The van der Waals surface area contributed by atoms with Gasteiger partial charge in [-0.15, -0.1) is 0 Å². The summed E-state index contributed by atoms with van der Waals surface area (Å²) < 4.78 is 25.0. The fourth-order valence-corrected chi connectivity index (χ4v) is 2.71. The monoisotopic (exact) mass is 306 g/mol. The van der Waals surface area contributed by atoms with Crippen LogP contribution in [0, 0.1) is 10.1 Å². The zero-order valence-corrected chi connectivity index (χ0v) is 12.4. The van der Waals surface area contributed by atoms with Gasteiger partial charge >= 0.3 is 0 Å². The molecular formula is C14H14N2O4S. The van der Waals surface area contributed by atoms with E-state index in [1.54, 1.807) is 24.3 Å². The van der Waals surface area contributed by atoms with Gasteiger partial charge in [0.1, 0.15) is 0 Å². The van der Waals surface area contributed by atoms with E-state index in [0.717, 1.165) is 15.4 Å². The van der Waals surface area contributed by atoms with Gasteiger partial charge < -0.3 is 0 Å². The fraction of sp³-hybridized carbons (Fsp3) is 0.143. The summed E-state index contributed by atoms with van der Waals surface area (Å²) in [6.45, 7) is 0. The van der Waals surface area contributed by atoms with E-state index in [1.165, 1.54) is 38.4 Å². The van der Waals surface area contributed by atoms with Crippen molar-refractivity contribution in [1.82, 2.24) is 4.31 Å². The lowest BCUT2D eigenvalue weighted by Crippen LogP contribution is -2.22. The molecule has 0 saturated carbocycles. The van der Waals surface area contributed by atoms with Crippen molar-refractivity contribution < 1.29 is 13.3 Å². The summed E-state index contributed by atoms with van der Waals surface area (Å²) in [5.41, 5.74) is 1.60. The Labute approximate surface area is 122 Å². The highest BCUT2D eigenvalue weighted by Gasteiger charge is 2.16. The first-order valence-corrected chi connectivity index (χ1v) is 7.54. The molecule has 0 heterocycles. The molecule has 0 amide bonds. The van der Waals surface area contributed by atoms with Crippen LogP contribution in [0.3, 0.4) is 0 Å². The predicted molar refractivity (Wildman–Crippen MR) is 79.4 cm³/mol. The second-order valence-electron chi connectivity index (χ2n) is 4.62. The standard InChI is InChI=1S/C14H14N2O4S/c1-15(2)21(19,20)14-9-5-12(6-10-14)11-3-7-13(8-4-11)16(17)18/h3-10H,1-2H3. The van der Waals surface area contributed by atoms with Crippen molar-refractivity contribution in [2.24, 2.45) is 0 Å². The summed E-state index contributed by atoms with van der Waals surface area (Å²) in [6, 6.07) is 12.5. The number of nitrogens with zero attached hydrogens (tertiary/aromatic N) is 2. The molecule has 21 heavy (non-hydrogen) atoms. The first-order chi connectivity index (χ1) is 9.82. The summed E-state index contributed by atoms with van der Waals surface area (Å²) in [5, 5.41) is 10.6. The minimum atomic E-state index is -3.45. The second-order valence-corrected chi connectivity index (χ2v) is 6.77. The van der Waals surface area contributed by atoms with Crippen LogP contribution in [-0.4, -0.2) is 31.7 Å². The molecule has 0 aromatic heterocycles. The first-order valence-electron chi connectivity index (χ1n) is 6.10. The summed E-state index contributed by atoms with van der Waals surface area (Å²) in [6.07, 6.45) is 0. The summed E-state index contributed by atoms with van der Waals surface area (Å²) in [4.78, 5) is 10.3. The number of hydrogen-bond donors (Lipinski definition) is 0. The topological polar surface area (TPSA) is 80.5 Å². The Morgan fingerprint density at radius 1 is 0.905 bits per heavy atom. The lowest BCUT2D eigenvalue weighted by atomic mass is 10.1. The molecule has 6 nitrogen and oxygen atoms in total. The van der Waals surface area contributed by atoms with Crippen LogP contribution in [0.2, 0.25) is 0 Å². The molecule has 0 saturated heterocycles. The van der Waals surface area contributed by atoms with Crippen LogP contribution >= 0.6 is 0 Å². The molecule has 0 atom stereocenters. The number of hydrogen-bond acceptors (Lipinski definition) is 4. The summed E-state index contributed by atoms with van der Waals surface area (Å²) in [5.74, 6) is 0.